The number of carbonyl (C=O) groups excluding carboxylic acids is 1. The van der Waals surface area contributed by atoms with E-state index in [1.165, 1.54) is 9.13 Å². The molecule has 0 aliphatic heterocycles. The Kier molecular flexibility index (Phi) is 2.99. The molecule has 0 unspecified atom stereocenters. The second-order valence-electron chi connectivity index (χ2n) is 3.72. The molecule has 0 aliphatic rings. The maximum Gasteiger partial charge on any atom is 0.329 e. The number of imidazole rings is 1. The number of benzene rings is 1. The van der Waals surface area contributed by atoms with Crippen LogP contribution in [0.25, 0.3) is 11.0 Å². The first kappa shape index (κ1) is 11.4. The number of aryl methyl sites for hydroxylation is 1. The molecule has 5 nitrogen and oxygen atoms in total. The van der Waals surface area contributed by atoms with Crippen molar-refractivity contribution in [3.63, 3.8) is 0 Å². The fourth-order valence-corrected chi connectivity index (χ4v) is 1.85. The number of aromatic nitrogens is 2. The van der Waals surface area contributed by atoms with Crippen LogP contribution in [0.15, 0.2) is 29.1 Å². The SMILES string of the molecule is CCOC(=O)Cn1c(=O)n(C)c2ccccc21. The van der Waals surface area contributed by atoms with E-state index in [1.54, 1.807) is 14.0 Å². The normalized spacial score (nSPS) is 10.7. The van der Waals surface area contributed by atoms with Crippen molar-refractivity contribution >= 4 is 17.0 Å². The van der Waals surface area contributed by atoms with Gasteiger partial charge < -0.3 is 4.74 Å². The van der Waals surface area contributed by atoms with Crippen LogP contribution in [-0.4, -0.2) is 21.7 Å². The van der Waals surface area contributed by atoms with Gasteiger partial charge >= 0.3 is 11.7 Å². The van der Waals surface area contributed by atoms with E-state index in [1.807, 2.05) is 24.3 Å². The number of nitrogens with zero attached hydrogens (tertiary/aromatic N) is 2. The van der Waals surface area contributed by atoms with Crippen LogP contribution < -0.4 is 5.69 Å². The number of rotatable bonds is 3. The summed E-state index contributed by atoms with van der Waals surface area (Å²) in [6.07, 6.45) is 0. The molecule has 0 N–H and O–H groups in total. The highest BCUT2D eigenvalue weighted by Crippen LogP contribution is 2.11. The minimum Gasteiger partial charge on any atom is -0.465 e. The third kappa shape index (κ3) is 1.95. The van der Waals surface area contributed by atoms with Crippen molar-refractivity contribution in [1.82, 2.24) is 9.13 Å². The summed E-state index contributed by atoms with van der Waals surface area (Å²) < 4.78 is 7.80. The summed E-state index contributed by atoms with van der Waals surface area (Å²) in [5.74, 6) is -0.397. The van der Waals surface area contributed by atoms with Gasteiger partial charge in [-0.1, -0.05) is 12.1 Å². The topological polar surface area (TPSA) is 53.2 Å². The molecule has 0 atom stereocenters. The molecule has 0 radical (unpaired) electrons. The van der Waals surface area contributed by atoms with Gasteiger partial charge in [-0.15, -0.1) is 0 Å². The van der Waals surface area contributed by atoms with Crippen LogP contribution in [0, 0.1) is 0 Å². The van der Waals surface area contributed by atoms with Crippen LogP contribution in [0.3, 0.4) is 0 Å². The number of hydrogen-bond donors (Lipinski definition) is 0. The van der Waals surface area contributed by atoms with E-state index in [0.29, 0.717) is 6.61 Å². The van der Waals surface area contributed by atoms with E-state index in [4.69, 9.17) is 4.74 Å². The summed E-state index contributed by atoms with van der Waals surface area (Å²) in [6.45, 7) is 2.01. The molecule has 1 aromatic heterocycles. The van der Waals surface area contributed by atoms with Gasteiger partial charge in [-0.05, 0) is 19.1 Å². The first-order valence-corrected chi connectivity index (χ1v) is 5.45. The number of fused-ring (bicyclic) bond motifs is 1. The fraction of sp³-hybridized carbons (Fsp3) is 0.333. The Hall–Kier alpha value is -2.04. The van der Waals surface area contributed by atoms with Crippen molar-refractivity contribution in [3.05, 3.63) is 34.7 Å². The molecular weight excluding hydrogens is 220 g/mol. The Morgan fingerprint density at radius 1 is 1.29 bits per heavy atom. The summed E-state index contributed by atoms with van der Waals surface area (Å²) in [5.41, 5.74) is 1.34. The molecule has 1 heterocycles. The van der Waals surface area contributed by atoms with Crippen LogP contribution in [0.5, 0.6) is 0 Å². The Labute approximate surface area is 98.2 Å². The summed E-state index contributed by atoms with van der Waals surface area (Å²) in [5, 5.41) is 0. The molecule has 0 spiro atoms. The average Bonchev–Trinajstić information content (AvgIpc) is 2.56. The molecule has 0 saturated heterocycles. The maximum absolute atomic E-state index is 11.9. The van der Waals surface area contributed by atoms with Gasteiger partial charge in [0, 0.05) is 7.05 Å². The third-order valence-electron chi connectivity index (χ3n) is 2.64. The van der Waals surface area contributed by atoms with Crippen molar-refractivity contribution < 1.29 is 9.53 Å². The quantitative estimate of drug-likeness (QED) is 0.741. The molecular formula is C12H14N2O3. The highest BCUT2D eigenvalue weighted by atomic mass is 16.5. The number of ether oxygens (including phenoxy) is 1. The third-order valence-corrected chi connectivity index (χ3v) is 2.64. The molecule has 2 aromatic rings. The first-order chi connectivity index (χ1) is 8.15. The second kappa shape index (κ2) is 4.45. The first-order valence-electron chi connectivity index (χ1n) is 5.45. The lowest BCUT2D eigenvalue weighted by Crippen LogP contribution is -2.26. The highest BCUT2D eigenvalue weighted by molar-refractivity contribution is 5.78. The molecule has 0 amide bonds. The van der Waals surface area contributed by atoms with Crippen LogP contribution in [0.2, 0.25) is 0 Å². The minimum absolute atomic E-state index is 0.0476. The zero-order valence-corrected chi connectivity index (χ0v) is 9.84. The summed E-state index contributed by atoms with van der Waals surface area (Å²) in [6, 6.07) is 7.36. The van der Waals surface area contributed by atoms with Gasteiger partial charge in [0.05, 0.1) is 17.6 Å². The molecule has 5 heteroatoms. The molecule has 2 rings (SSSR count). The molecule has 1 aromatic carbocycles. The van der Waals surface area contributed by atoms with Gasteiger partial charge in [0.2, 0.25) is 0 Å². The van der Waals surface area contributed by atoms with E-state index in [0.717, 1.165) is 11.0 Å². The zero-order valence-electron chi connectivity index (χ0n) is 9.84. The van der Waals surface area contributed by atoms with Gasteiger partial charge in [0.15, 0.2) is 0 Å². The Bertz CT molecular complexity index is 610. The van der Waals surface area contributed by atoms with Crippen molar-refractivity contribution in [2.75, 3.05) is 6.61 Å². The van der Waals surface area contributed by atoms with Crippen LogP contribution in [0.1, 0.15) is 6.92 Å². The number of carbonyl (C=O) groups is 1. The molecule has 90 valence electrons. The van der Waals surface area contributed by atoms with Crippen molar-refractivity contribution in [3.8, 4) is 0 Å². The average molecular weight is 234 g/mol. The maximum atomic E-state index is 11.9. The Morgan fingerprint density at radius 3 is 2.59 bits per heavy atom. The second-order valence-corrected chi connectivity index (χ2v) is 3.72. The largest absolute Gasteiger partial charge is 0.465 e. The van der Waals surface area contributed by atoms with Crippen LogP contribution >= 0.6 is 0 Å². The van der Waals surface area contributed by atoms with Gasteiger partial charge in [0.25, 0.3) is 0 Å². The van der Waals surface area contributed by atoms with Crippen molar-refractivity contribution in [1.29, 1.82) is 0 Å². The Morgan fingerprint density at radius 2 is 1.94 bits per heavy atom. The van der Waals surface area contributed by atoms with E-state index >= 15 is 0 Å². The van der Waals surface area contributed by atoms with E-state index in [2.05, 4.69) is 0 Å². The molecule has 17 heavy (non-hydrogen) atoms. The van der Waals surface area contributed by atoms with Gasteiger partial charge in [0.1, 0.15) is 6.54 Å². The number of hydrogen-bond acceptors (Lipinski definition) is 3. The molecule has 0 bridgehead atoms. The van der Waals surface area contributed by atoms with E-state index in [9.17, 15) is 9.59 Å². The lowest BCUT2D eigenvalue weighted by molar-refractivity contribution is -0.143. The number of esters is 1. The Balaban J connectivity index is 2.50. The van der Waals surface area contributed by atoms with E-state index in [-0.39, 0.29) is 12.2 Å². The molecule has 0 fully saturated rings. The predicted octanol–water partition coefficient (Wildman–Crippen LogP) is 0.903. The zero-order chi connectivity index (χ0) is 12.4. The lowest BCUT2D eigenvalue weighted by atomic mass is 10.3. The smallest absolute Gasteiger partial charge is 0.329 e. The van der Waals surface area contributed by atoms with Crippen LogP contribution in [0.4, 0.5) is 0 Å². The monoisotopic (exact) mass is 234 g/mol. The van der Waals surface area contributed by atoms with Crippen LogP contribution in [-0.2, 0) is 23.1 Å². The molecule has 0 saturated carbocycles. The minimum atomic E-state index is -0.397. The summed E-state index contributed by atoms with van der Waals surface area (Å²) >= 11 is 0. The summed E-state index contributed by atoms with van der Waals surface area (Å²) in [7, 11) is 1.69. The number of para-hydroxylation sites is 2. The van der Waals surface area contributed by atoms with Crippen molar-refractivity contribution in [2.24, 2.45) is 7.05 Å². The van der Waals surface area contributed by atoms with E-state index < -0.39 is 5.97 Å². The highest BCUT2D eigenvalue weighted by Gasteiger charge is 2.13. The van der Waals surface area contributed by atoms with Gasteiger partial charge in [-0.25, -0.2) is 4.79 Å². The van der Waals surface area contributed by atoms with Gasteiger partial charge in [-0.2, -0.15) is 0 Å². The van der Waals surface area contributed by atoms with Gasteiger partial charge in [-0.3, -0.25) is 13.9 Å². The predicted molar refractivity (Wildman–Crippen MR) is 63.8 cm³/mol. The molecule has 0 aliphatic carbocycles. The fourth-order valence-electron chi connectivity index (χ4n) is 1.85. The summed E-state index contributed by atoms with van der Waals surface area (Å²) in [4.78, 5) is 23.4. The van der Waals surface area contributed by atoms with Crippen molar-refractivity contribution in [2.45, 2.75) is 13.5 Å². The standard InChI is InChI=1S/C12H14N2O3/c1-3-17-11(15)8-14-10-7-5-4-6-9(10)13(2)12(14)16/h4-7H,3,8H2,1-2H3. The lowest BCUT2D eigenvalue weighted by Gasteiger charge is -2.02.